The molecule has 2 aromatic carbocycles. The van der Waals surface area contributed by atoms with Crippen LogP contribution < -0.4 is 4.74 Å². The van der Waals surface area contributed by atoms with E-state index >= 15 is 0 Å². The predicted octanol–water partition coefficient (Wildman–Crippen LogP) is 8.77. The van der Waals surface area contributed by atoms with Crippen LogP contribution in [0.4, 0.5) is 4.39 Å². The molecule has 0 saturated heterocycles. The molecule has 31 heavy (non-hydrogen) atoms. The number of rotatable bonds is 8. The van der Waals surface area contributed by atoms with Gasteiger partial charge in [-0.05, 0) is 84.6 Å². The third-order valence-electron chi connectivity index (χ3n) is 8.05. The lowest BCUT2D eigenvalue weighted by Crippen LogP contribution is -2.30. The molecule has 168 valence electrons. The summed E-state index contributed by atoms with van der Waals surface area (Å²) >= 11 is 0. The standard InChI is InChI=1S/C29H39FO/c1-3-4-5-6-7-21-8-9-26-19-25(15-14-24(26)18-21)22-10-12-23(13-11-22)27-16-17-29(31-2)28(30)20-27/h10-13,16-17,20-21,24-26H,3-9,14-15,18-19H2,1-2H3. The molecule has 0 heterocycles. The third-order valence-corrected chi connectivity index (χ3v) is 8.05. The highest BCUT2D eigenvalue weighted by Gasteiger charge is 2.35. The van der Waals surface area contributed by atoms with Gasteiger partial charge in [0.15, 0.2) is 11.6 Å². The van der Waals surface area contributed by atoms with Gasteiger partial charge in [-0.25, -0.2) is 4.39 Å². The van der Waals surface area contributed by atoms with Gasteiger partial charge in [-0.15, -0.1) is 0 Å². The van der Waals surface area contributed by atoms with Crippen molar-refractivity contribution >= 4 is 0 Å². The molecular weight excluding hydrogens is 383 g/mol. The van der Waals surface area contributed by atoms with E-state index in [0.717, 1.165) is 28.9 Å². The van der Waals surface area contributed by atoms with E-state index in [1.54, 1.807) is 12.1 Å². The number of halogens is 1. The van der Waals surface area contributed by atoms with E-state index in [1.807, 2.05) is 6.07 Å². The average molecular weight is 423 g/mol. The van der Waals surface area contributed by atoms with Crippen LogP contribution in [0.1, 0.15) is 89.0 Å². The first-order valence-electron chi connectivity index (χ1n) is 12.6. The predicted molar refractivity (Wildman–Crippen MR) is 128 cm³/mol. The zero-order valence-corrected chi connectivity index (χ0v) is 19.4. The van der Waals surface area contributed by atoms with E-state index in [4.69, 9.17) is 4.74 Å². The lowest BCUT2D eigenvalue weighted by Gasteiger charge is -2.42. The molecule has 2 fully saturated rings. The average Bonchev–Trinajstić information content (AvgIpc) is 2.81. The Labute approximate surface area is 188 Å². The number of methoxy groups -OCH3 is 1. The Bertz CT molecular complexity index is 827. The van der Waals surface area contributed by atoms with Crippen molar-refractivity contribution in [2.24, 2.45) is 17.8 Å². The second-order valence-corrected chi connectivity index (χ2v) is 10.0. The summed E-state index contributed by atoms with van der Waals surface area (Å²) < 4.78 is 19.1. The molecular formula is C29H39FO. The number of hydrogen-bond acceptors (Lipinski definition) is 1. The van der Waals surface area contributed by atoms with Crippen LogP contribution in [0.5, 0.6) is 5.75 Å². The van der Waals surface area contributed by atoms with Crippen LogP contribution in [0.15, 0.2) is 42.5 Å². The minimum absolute atomic E-state index is 0.299. The largest absolute Gasteiger partial charge is 0.494 e. The fraction of sp³-hybridized carbons (Fsp3) is 0.586. The first kappa shape index (κ1) is 22.4. The Morgan fingerprint density at radius 3 is 2.32 bits per heavy atom. The Kier molecular flexibility index (Phi) is 7.69. The number of benzene rings is 2. The van der Waals surface area contributed by atoms with Crippen LogP contribution in [0, 0.1) is 23.6 Å². The summed E-state index contributed by atoms with van der Waals surface area (Å²) in [4.78, 5) is 0. The van der Waals surface area contributed by atoms with E-state index < -0.39 is 0 Å². The van der Waals surface area contributed by atoms with Crippen molar-refractivity contribution in [1.82, 2.24) is 0 Å². The summed E-state index contributed by atoms with van der Waals surface area (Å²) in [5.74, 6) is 3.60. The molecule has 2 aliphatic carbocycles. The molecule has 0 aliphatic heterocycles. The van der Waals surface area contributed by atoms with Crippen molar-refractivity contribution < 1.29 is 9.13 Å². The summed E-state index contributed by atoms with van der Waals surface area (Å²) in [5, 5.41) is 0. The maximum atomic E-state index is 14.1. The van der Waals surface area contributed by atoms with Gasteiger partial charge in [-0.3, -0.25) is 0 Å². The molecule has 0 amide bonds. The van der Waals surface area contributed by atoms with E-state index in [2.05, 4.69) is 31.2 Å². The zero-order valence-electron chi connectivity index (χ0n) is 19.4. The van der Waals surface area contributed by atoms with Crippen molar-refractivity contribution in [2.75, 3.05) is 7.11 Å². The number of hydrogen-bond donors (Lipinski definition) is 0. The molecule has 0 bridgehead atoms. The molecule has 2 aliphatic rings. The van der Waals surface area contributed by atoms with E-state index in [1.165, 1.54) is 83.3 Å². The van der Waals surface area contributed by atoms with Crippen LogP contribution in [0.25, 0.3) is 11.1 Å². The molecule has 1 nitrogen and oxygen atoms in total. The summed E-state index contributed by atoms with van der Waals surface area (Å²) in [6.45, 7) is 2.30. The van der Waals surface area contributed by atoms with Crippen LogP contribution in [-0.2, 0) is 0 Å². The summed E-state index contributed by atoms with van der Waals surface area (Å²) in [7, 11) is 1.50. The lowest BCUT2D eigenvalue weighted by molar-refractivity contribution is 0.113. The van der Waals surface area contributed by atoms with Gasteiger partial charge in [-0.1, -0.05) is 75.8 Å². The topological polar surface area (TPSA) is 9.23 Å². The minimum atomic E-state index is -0.302. The van der Waals surface area contributed by atoms with Gasteiger partial charge in [0.25, 0.3) is 0 Å². The van der Waals surface area contributed by atoms with E-state index in [-0.39, 0.29) is 5.82 Å². The zero-order chi connectivity index (χ0) is 21.6. The molecule has 0 spiro atoms. The monoisotopic (exact) mass is 422 g/mol. The van der Waals surface area contributed by atoms with Gasteiger partial charge in [0.05, 0.1) is 7.11 Å². The molecule has 0 aromatic heterocycles. The van der Waals surface area contributed by atoms with Crippen molar-refractivity contribution in [2.45, 2.75) is 83.5 Å². The van der Waals surface area contributed by atoms with Crippen molar-refractivity contribution in [3.05, 3.63) is 53.8 Å². The summed E-state index contributed by atoms with van der Waals surface area (Å²) in [6.07, 6.45) is 15.6. The normalized spacial score (nSPS) is 25.8. The highest BCUT2D eigenvalue weighted by molar-refractivity contribution is 5.64. The molecule has 2 aromatic rings. The van der Waals surface area contributed by atoms with Crippen molar-refractivity contribution in [1.29, 1.82) is 0 Å². The van der Waals surface area contributed by atoms with Crippen LogP contribution >= 0.6 is 0 Å². The molecule has 4 atom stereocenters. The first-order valence-corrected chi connectivity index (χ1v) is 12.6. The third kappa shape index (κ3) is 5.51. The highest BCUT2D eigenvalue weighted by atomic mass is 19.1. The molecule has 0 N–H and O–H groups in total. The van der Waals surface area contributed by atoms with Gasteiger partial charge < -0.3 is 4.74 Å². The number of fused-ring (bicyclic) bond motifs is 1. The van der Waals surface area contributed by atoms with Crippen LogP contribution in [0.2, 0.25) is 0 Å². The maximum Gasteiger partial charge on any atom is 0.165 e. The van der Waals surface area contributed by atoms with Gasteiger partial charge in [0.2, 0.25) is 0 Å². The van der Waals surface area contributed by atoms with Gasteiger partial charge in [0, 0.05) is 0 Å². The van der Waals surface area contributed by atoms with E-state index in [9.17, 15) is 4.39 Å². The smallest absolute Gasteiger partial charge is 0.165 e. The maximum absolute atomic E-state index is 14.1. The second-order valence-electron chi connectivity index (χ2n) is 10.0. The molecule has 2 heteroatoms. The Hall–Kier alpha value is -1.83. The van der Waals surface area contributed by atoms with Gasteiger partial charge >= 0.3 is 0 Å². The van der Waals surface area contributed by atoms with Gasteiger partial charge in [-0.2, -0.15) is 0 Å². The second kappa shape index (κ2) is 10.7. The molecule has 4 unspecified atom stereocenters. The Balaban J connectivity index is 1.32. The molecule has 4 rings (SSSR count). The van der Waals surface area contributed by atoms with Crippen molar-refractivity contribution in [3.8, 4) is 16.9 Å². The van der Waals surface area contributed by atoms with Crippen molar-refractivity contribution in [3.63, 3.8) is 0 Å². The SMILES string of the molecule is CCCCCCC1CCC2CC(c3ccc(-c4ccc(OC)c(F)c4)cc3)CCC2C1. The van der Waals surface area contributed by atoms with Crippen LogP contribution in [-0.4, -0.2) is 7.11 Å². The lowest BCUT2D eigenvalue weighted by atomic mass is 9.63. The van der Waals surface area contributed by atoms with Crippen LogP contribution in [0.3, 0.4) is 0 Å². The minimum Gasteiger partial charge on any atom is -0.494 e. The number of unbranched alkanes of at least 4 members (excludes halogenated alkanes) is 3. The van der Waals surface area contributed by atoms with E-state index in [0.29, 0.717) is 11.7 Å². The first-order chi connectivity index (χ1) is 15.2. The quantitative estimate of drug-likeness (QED) is 0.386. The Morgan fingerprint density at radius 2 is 1.58 bits per heavy atom. The fourth-order valence-electron chi connectivity index (χ4n) is 6.20. The number of ether oxygens (including phenoxy) is 1. The molecule has 2 saturated carbocycles. The van der Waals surface area contributed by atoms with Gasteiger partial charge in [0.1, 0.15) is 0 Å². The summed E-state index contributed by atoms with van der Waals surface area (Å²) in [5.41, 5.74) is 3.45. The Morgan fingerprint density at radius 1 is 0.839 bits per heavy atom. The molecule has 0 radical (unpaired) electrons. The highest BCUT2D eigenvalue weighted by Crippen LogP contribution is 2.48. The fourth-order valence-corrected chi connectivity index (χ4v) is 6.20. The summed E-state index contributed by atoms with van der Waals surface area (Å²) in [6, 6.07) is 14.1.